The molecule has 1 aromatic heterocycles. The second-order valence-corrected chi connectivity index (χ2v) is 7.50. The van der Waals surface area contributed by atoms with Crippen LogP contribution in [0.5, 0.6) is 0 Å². The van der Waals surface area contributed by atoms with Gasteiger partial charge >= 0.3 is 0 Å². The summed E-state index contributed by atoms with van der Waals surface area (Å²) in [7, 11) is 0. The summed E-state index contributed by atoms with van der Waals surface area (Å²) >= 11 is 0. The Labute approximate surface area is 161 Å². The van der Waals surface area contributed by atoms with Crippen molar-refractivity contribution in [3.8, 4) is 0 Å². The van der Waals surface area contributed by atoms with Crippen molar-refractivity contribution in [3.05, 3.63) is 65.5 Å². The fraction of sp³-hybridized carbons (Fsp3) is 0.455. The first-order valence-electron chi connectivity index (χ1n) is 10.0. The van der Waals surface area contributed by atoms with Gasteiger partial charge in [-0.15, -0.1) is 0 Å². The second kappa shape index (κ2) is 8.63. The maximum Gasteiger partial charge on any atom is 0.221 e. The molecule has 0 saturated carbocycles. The molecule has 1 aromatic carbocycles. The lowest BCUT2D eigenvalue weighted by atomic mass is 9.87. The molecular weight excluding hydrogens is 336 g/mol. The first kappa shape index (κ1) is 18.1. The van der Waals surface area contributed by atoms with Gasteiger partial charge in [-0.05, 0) is 42.0 Å². The number of nitrogens with one attached hydrogen (secondary N) is 2. The lowest BCUT2D eigenvalue weighted by Crippen LogP contribution is -2.47. The van der Waals surface area contributed by atoms with Gasteiger partial charge < -0.3 is 10.6 Å². The molecule has 2 unspecified atom stereocenters. The van der Waals surface area contributed by atoms with Crippen molar-refractivity contribution in [3.63, 3.8) is 0 Å². The van der Waals surface area contributed by atoms with Crippen molar-refractivity contribution in [2.24, 2.45) is 0 Å². The summed E-state index contributed by atoms with van der Waals surface area (Å²) in [6.07, 6.45) is 7.58. The van der Waals surface area contributed by atoms with E-state index in [1.165, 1.54) is 16.7 Å². The van der Waals surface area contributed by atoms with Gasteiger partial charge in [0.1, 0.15) is 0 Å². The molecule has 5 nitrogen and oxygen atoms in total. The highest BCUT2D eigenvalue weighted by atomic mass is 16.1. The van der Waals surface area contributed by atoms with Gasteiger partial charge in [0.15, 0.2) is 0 Å². The number of carbonyl (C=O) groups is 1. The summed E-state index contributed by atoms with van der Waals surface area (Å²) in [5, 5.41) is 6.73. The average molecular weight is 364 g/mol. The van der Waals surface area contributed by atoms with Crippen molar-refractivity contribution >= 4 is 5.91 Å². The van der Waals surface area contributed by atoms with Gasteiger partial charge in [0.25, 0.3) is 0 Å². The Morgan fingerprint density at radius 3 is 3.07 bits per heavy atom. The van der Waals surface area contributed by atoms with Crippen LogP contribution in [0.1, 0.15) is 48.0 Å². The van der Waals surface area contributed by atoms with E-state index < -0.39 is 0 Å². The molecule has 5 heteroatoms. The third-order valence-electron chi connectivity index (χ3n) is 5.75. The van der Waals surface area contributed by atoms with E-state index in [1.807, 2.05) is 12.3 Å². The van der Waals surface area contributed by atoms with Crippen LogP contribution in [0.4, 0.5) is 0 Å². The molecule has 0 radical (unpaired) electrons. The maximum atomic E-state index is 12.6. The Balaban J connectivity index is 1.35. The van der Waals surface area contributed by atoms with E-state index in [0.717, 1.165) is 45.4 Å². The van der Waals surface area contributed by atoms with Gasteiger partial charge in [0.2, 0.25) is 5.91 Å². The molecule has 1 saturated heterocycles. The van der Waals surface area contributed by atoms with Gasteiger partial charge in [-0.2, -0.15) is 0 Å². The largest absolute Gasteiger partial charge is 0.349 e. The minimum atomic E-state index is 0.153. The number of fused-ring (bicyclic) bond motifs is 1. The third kappa shape index (κ3) is 4.37. The van der Waals surface area contributed by atoms with Crippen LogP contribution in [-0.4, -0.2) is 42.0 Å². The van der Waals surface area contributed by atoms with E-state index in [4.69, 9.17) is 0 Å². The summed E-state index contributed by atoms with van der Waals surface area (Å²) in [4.78, 5) is 19.3. The number of hydrogen-bond acceptors (Lipinski definition) is 4. The maximum absolute atomic E-state index is 12.6. The van der Waals surface area contributed by atoms with Crippen molar-refractivity contribution in [2.75, 3.05) is 26.2 Å². The molecule has 4 rings (SSSR count). The van der Waals surface area contributed by atoms with E-state index in [0.29, 0.717) is 6.42 Å². The quantitative estimate of drug-likeness (QED) is 0.856. The average Bonchev–Trinajstić information content (AvgIpc) is 2.73. The van der Waals surface area contributed by atoms with E-state index in [9.17, 15) is 4.79 Å². The third-order valence-corrected chi connectivity index (χ3v) is 5.75. The molecule has 2 aliphatic rings. The van der Waals surface area contributed by atoms with Crippen LogP contribution in [0.25, 0.3) is 0 Å². The van der Waals surface area contributed by atoms with E-state index in [1.54, 1.807) is 6.20 Å². The normalized spacial score (nSPS) is 22.8. The van der Waals surface area contributed by atoms with E-state index >= 15 is 0 Å². The monoisotopic (exact) mass is 364 g/mol. The predicted octanol–water partition coefficient (Wildman–Crippen LogP) is 2.61. The highest BCUT2D eigenvalue weighted by Gasteiger charge is 2.25. The van der Waals surface area contributed by atoms with E-state index in [-0.39, 0.29) is 18.0 Å². The summed E-state index contributed by atoms with van der Waals surface area (Å²) in [5.74, 6) is 0.153. The molecule has 2 aromatic rings. The number of aryl methyl sites for hydroxylation is 1. The second-order valence-electron chi connectivity index (χ2n) is 7.50. The van der Waals surface area contributed by atoms with E-state index in [2.05, 4.69) is 50.8 Å². The first-order valence-corrected chi connectivity index (χ1v) is 10.0. The van der Waals surface area contributed by atoms with Crippen LogP contribution in [-0.2, 0) is 11.2 Å². The summed E-state index contributed by atoms with van der Waals surface area (Å²) in [6.45, 7) is 3.61. The lowest BCUT2D eigenvalue weighted by Gasteiger charge is -2.36. The van der Waals surface area contributed by atoms with Crippen LogP contribution in [0.15, 0.2) is 48.8 Å². The number of aromatic nitrogens is 1. The zero-order valence-electron chi connectivity index (χ0n) is 15.7. The van der Waals surface area contributed by atoms with Crippen LogP contribution in [0, 0.1) is 0 Å². The highest BCUT2D eigenvalue weighted by molar-refractivity contribution is 5.76. The van der Waals surface area contributed by atoms with Crippen molar-refractivity contribution in [1.29, 1.82) is 0 Å². The number of pyridine rings is 1. The first-order chi connectivity index (χ1) is 13.3. The zero-order chi connectivity index (χ0) is 18.5. The molecule has 142 valence electrons. The number of piperazine rings is 1. The summed E-state index contributed by atoms with van der Waals surface area (Å²) in [6, 6.07) is 13.1. The Bertz CT molecular complexity index is 764. The topological polar surface area (TPSA) is 57.3 Å². The van der Waals surface area contributed by atoms with Crippen LogP contribution in [0.3, 0.4) is 0 Å². The molecule has 1 aliphatic heterocycles. The number of hydrogen-bond donors (Lipinski definition) is 2. The SMILES string of the molecule is O=C(CCN1CCNCC1c1cccnc1)NC1CCCc2ccccc21. The predicted molar refractivity (Wildman–Crippen MR) is 106 cm³/mol. The number of carbonyl (C=O) groups excluding carboxylic acids is 1. The molecule has 2 N–H and O–H groups in total. The van der Waals surface area contributed by atoms with Crippen LogP contribution >= 0.6 is 0 Å². The molecule has 0 bridgehead atoms. The molecular formula is C22H28N4O. The molecule has 1 aliphatic carbocycles. The fourth-order valence-electron chi connectivity index (χ4n) is 4.33. The molecule has 2 atom stereocenters. The van der Waals surface area contributed by atoms with Gasteiger partial charge in [-0.25, -0.2) is 0 Å². The summed E-state index contributed by atoms with van der Waals surface area (Å²) in [5.41, 5.74) is 3.90. The van der Waals surface area contributed by atoms with Crippen molar-refractivity contribution in [1.82, 2.24) is 20.5 Å². The number of rotatable bonds is 5. The van der Waals surface area contributed by atoms with Crippen LogP contribution < -0.4 is 10.6 Å². The van der Waals surface area contributed by atoms with Crippen LogP contribution in [0.2, 0.25) is 0 Å². The number of nitrogens with zero attached hydrogens (tertiary/aromatic N) is 2. The zero-order valence-corrected chi connectivity index (χ0v) is 15.7. The number of amides is 1. The van der Waals surface area contributed by atoms with Gasteiger partial charge in [0.05, 0.1) is 6.04 Å². The Morgan fingerprint density at radius 2 is 2.19 bits per heavy atom. The number of benzene rings is 1. The highest BCUT2D eigenvalue weighted by Crippen LogP contribution is 2.29. The summed E-state index contributed by atoms with van der Waals surface area (Å²) < 4.78 is 0. The fourth-order valence-corrected chi connectivity index (χ4v) is 4.33. The molecule has 1 amide bonds. The van der Waals surface area contributed by atoms with Gasteiger partial charge in [-0.1, -0.05) is 30.3 Å². The molecule has 0 spiro atoms. The van der Waals surface area contributed by atoms with Crippen molar-refractivity contribution in [2.45, 2.75) is 37.8 Å². The molecule has 1 fully saturated rings. The standard InChI is InChI=1S/C22H28N4O/c27-22(25-20-9-3-6-17-5-1-2-8-19(17)20)10-13-26-14-12-24-16-21(26)18-7-4-11-23-15-18/h1-2,4-5,7-8,11,15,20-21,24H,3,6,9-10,12-14,16H2,(H,25,27). The Kier molecular flexibility index (Phi) is 5.80. The Hall–Kier alpha value is -2.24. The minimum absolute atomic E-state index is 0.153. The van der Waals surface area contributed by atoms with Gasteiger partial charge in [0, 0.05) is 51.0 Å². The lowest BCUT2D eigenvalue weighted by molar-refractivity contribution is -0.122. The smallest absolute Gasteiger partial charge is 0.221 e. The molecule has 2 heterocycles. The molecule has 27 heavy (non-hydrogen) atoms. The minimum Gasteiger partial charge on any atom is -0.349 e. The van der Waals surface area contributed by atoms with Gasteiger partial charge in [-0.3, -0.25) is 14.7 Å². The van der Waals surface area contributed by atoms with Crippen molar-refractivity contribution < 1.29 is 4.79 Å². The Morgan fingerprint density at radius 1 is 1.26 bits per heavy atom.